The summed E-state index contributed by atoms with van der Waals surface area (Å²) in [5.74, 6) is -3.42. The molecule has 2 saturated heterocycles. The highest BCUT2D eigenvalue weighted by Gasteiger charge is 2.62. The van der Waals surface area contributed by atoms with Gasteiger partial charge in [-0.3, -0.25) is 0 Å². The van der Waals surface area contributed by atoms with Gasteiger partial charge in [0, 0.05) is 0 Å². The highest BCUT2D eigenvalue weighted by atomic mass is 16.7. The van der Waals surface area contributed by atoms with Gasteiger partial charge in [-0.1, -0.05) is 0 Å². The number of ether oxygens (including phenoxy) is 4. The van der Waals surface area contributed by atoms with Crippen molar-refractivity contribution in [1.82, 2.24) is 0 Å². The fraction of sp³-hybridized carbons (Fsp3) is 0.800. The Kier molecular flexibility index (Phi) is 9.92. The molecule has 0 aliphatic carbocycles. The van der Waals surface area contributed by atoms with Crippen molar-refractivity contribution < 1.29 is 56.7 Å². The second-order valence-electron chi connectivity index (χ2n) is 8.91. The van der Waals surface area contributed by atoms with E-state index in [-0.39, 0.29) is 0 Å². The van der Waals surface area contributed by atoms with Crippen LogP contribution in [0.4, 0.5) is 0 Å². The molecule has 34 heavy (non-hydrogen) atoms. The van der Waals surface area contributed by atoms with E-state index in [0.717, 1.165) is 0 Å². The van der Waals surface area contributed by atoms with Crippen LogP contribution in [0.5, 0.6) is 0 Å². The van der Waals surface area contributed by atoms with Crippen molar-refractivity contribution in [2.45, 2.75) is 104 Å². The zero-order chi connectivity index (χ0) is 25.7. The minimum atomic E-state index is -1.48. The summed E-state index contributed by atoms with van der Waals surface area (Å²) < 4.78 is 43.0. The Morgan fingerprint density at radius 1 is 0.471 bits per heavy atom. The molecule has 0 bridgehead atoms. The first-order valence-corrected chi connectivity index (χ1v) is 11.2. The fourth-order valence-electron chi connectivity index (χ4n) is 3.10. The van der Waals surface area contributed by atoms with Crippen LogP contribution in [0, 0.1) is 0 Å². The van der Waals surface area contributed by atoms with Gasteiger partial charge in [0.2, 0.25) is 0 Å². The maximum absolute atomic E-state index is 12.5. The third-order valence-electron chi connectivity index (χ3n) is 4.23. The molecule has 0 aromatic heterocycles. The molecule has 0 spiro atoms. The van der Waals surface area contributed by atoms with Gasteiger partial charge in [-0.2, -0.15) is 0 Å². The molecule has 0 N–H and O–H groups in total. The van der Waals surface area contributed by atoms with Gasteiger partial charge in [0.1, 0.15) is 0 Å². The number of hydrogen-bond donors (Lipinski definition) is 0. The van der Waals surface area contributed by atoms with Crippen LogP contribution in [0.15, 0.2) is 0 Å². The monoisotopic (exact) mass is 486 g/mol. The molecule has 12 nitrogen and oxygen atoms in total. The van der Waals surface area contributed by atoms with Gasteiger partial charge in [-0.15, -0.1) is 0 Å². The van der Waals surface area contributed by atoms with Crippen LogP contribution in [0.2, 0.25) is 0 Å². The van der Waals surface area contributed by atoms with Crippen LogP contribution in [0.3, 0.4) is 0 Å². The Labute approximate surface area is 199 Å². The molecular formula is C20H32B2O12. The van der Waals surface area contributed by atoms with E-state index in [1.54, 1.807) is 55.4 Å². The van der Waals surface area contributed by atoms with Crippen molar-refractivity contribution in [3.8, 4) is 0 Å². The minimum Gasteiger partial charge on any atom is -0.461 e. The molecule has 2 aliphatic rings. The summed E-state index contributed by atoms with van der Waals surface area (Å²) in [5.41, 5.74) is 0. The number of carbonyl (C=O) groups is 4. The average Bonchev–Trinajstić information content (AvgIpc) is 3.31. The van der Waals surface area contributed by atoms with Gasteiger partial charge in [-0.05, 0) is 55.4 Å². The molecular weight excluding hydrogens is 454 g/mol. The molecule has 190 valence electrons. The lowest BCUT2D eigenvalue weighted by molar-refractivity contribution is -0.167. The Balaban J connectivity index is 2.24. The average molecular weight is 486 g/mol. The van der Waals surface area contributed by atoms with E-state index < -0.39 is 86.7 Å². The lowest BCUT2D eigenvalue weighted by Gasteiger charge is -2.18. The fourth-order valence-corrected chi connectivity index (χ4v) is 3.10. The van der Waals surface area contributed by atoms with Gasteiger partial charge in [0.15, 0.2) is 24.4 Å². The molecule has 4 atom stereocenters. The van der Waals surface area contributed by atoms with Crippen molar-refractivity contribution in [2.24, 2.45) is 0 Å². The first kappa shape index (κ1) is 28.1. The third kappa shape index (κ3) is 7.42. The predicted molar refractivity (Wildman–Crippen MR) is 116 cm³/mol. The van der Waals surface area contributed by atoms with Crippen molar-refractivity contribution in [3.63, 3.8) is 0 Å². The normalized spacial score (nSPS) is 24.8. The summed E-state index contributed by atoms with van der Waals surface area (Å²) >= 11 is 0. The van der Waals surface area contributed by atoms with E-state index in [9.17, 15) is 19.2 Å². The van der Waals surface area contributed by atoms with Crippen LogP contribution >= 0.6 is 0 Å². The Bertz CT molecular complexity index is 634. The van der Waals surface area contributed by atoms with Gasteiger partial charge >= 0.3 is 37.9 Å². The van der Waals surface area contributed by atoms with Gasteiger partial charge in [0.25, 0.3) is 0 Å². The minimum absolute atomic E-state index is 0.485. The van der Waals surface area contributed by atoms with Crippen LogP contribution in [-0.2, 0) is 56.7 Å². The molecule has 0 amide bonds. The van der Waals surface area contributed by atoms with Crippen molar-refractivity contribution in [3.05, 3.63) is 0 Å². The van der Waals surface area contributed by atoms with E-state index in [0.29, 0.717) is 0 Å². The van der Waals surface area contributed by atoms with Crippen LogP contribution in [-0.4, -0.2) is 86.7 Å². The molecule has 0 unspecified atom stereocenters. The second-order valence-corrected chi connectivity index (χ2v) is 8.91. The molecule has 0 aromatic carbocycles. The summed E-state index contributed by atoms with van der Waals surface area (Å²) in [6.07, 6.45) is -7.85. The molecule has 0 radical (unpaired) electrons. The van der Waals surface area contributed by atoms with Crippen molar-refractivity contribution >= 4 is 37.9 Å². The van der Waals surface area contributed by atoms with Gasteiger partial charge < -0.3 is 37.6 Å². The molecule has 2 rings (SSSR count). The van der Waals surface area contributed by atoms with Gasteiger partial charge in [-0.25, -0.2) is 19.2 Å². The Morgan fingerprint density at radius 2 is 0.647 bits per heavy atom. The predicted octanol–water partition coefficient (Wildman–Crippen LogP) is 0.416. The Morgan fingerprint density at radius 3 is 0.794 bits per heavy atom. The van der Waals surface area contributed by atoms with E-state index >= 15 is 0 Å². The van der Waals surface area contributed by atoms with E-state index in [1.807, 2.05) is 0 Å². The smallest absolute Gasteiger partial charge is 0.461 e. The summed E-state index contributed by atoms with van der Waals surface area (Å²) in [6, 6.07) is 0. The van der Waals surface area contributed by atoms with Crippen molar-refractivity contribution in [1.29, 1.82) is 0 Å². The number of hydrogen-bond acceptors (Lipinski definition) is 12. The number of esters is 4. The van der Waals surface area contributed by atoms with Crippen LogP contribution < -0.4 is 0 Å². The molecule has 2 aliphatic heterocycles. The molecule has 2 fully saturated rings. The number of carbonyl (C=O) groups excluding carboxylic acids is 4. The van der Waals surface area contributed by atoms with E-state index in [1.165, 1.54) is 0 Å². The topological polar surface area (TPSA) is 142 Å². The molecule has 2 heterocycles. The maximum Gasteiger partial charge on any atom is 0.489 e. The SMILES string of the molecule is CC(C)OC(=O)[C@H]1OB(B2O[C@H](C(=O)OC(C)C)[C@H](C(=O)OC(C)C)O2)O[C@H]1C(=O)OC(C)C. The van der Waals surface area contributed by atoms with Crippen LogP contribution in [0.25, 0.3) is 0 Å². The highest BCUT2D eigenvalue weighted by Crippen LogP contribution is 2.28. The van der Waals surface area contributed by atoms with E-state index in [4.69, 9.17) is 37.6 Å². The maximum atomic E-state index is 12.5. The first-order chi connectivity index (χ1) is 15.8. The molecule has 0 aromatic rings. The summed E-state index contributed by atoms with van der Waals surface area (Å²) in [6.45, 7) is 13.0. The zero-order valence-corrected chi connectivity index (χ0v) is 20.7. The lowest BCUT2D eigenvalue weighted by atomic mass is 9.49. The van der Waals surface area contributed by atoms with Crippen LogP contribution in [0.1, 0.15) is 55.4 Å². The summed E-state index contributed by atoms with van der Waals surface area (Å²) in [7, 11) is -2.92. The Hall–Kier alpha value is -2.15. The van der Waals surface area contributed by atoms with Crippen molar-refractivity contribution in [2.75, 3.05) is 0 Å². The third-order valence-corrected chi connectivity index (χ3v) is 4.23. The van der Waals surface area contributed by atoms with Gasteiger partial charge in [0.05, 0.1) is 24.4 Å². The number of rotatable bonds is 9. The standard InChI is InChI=1S/C20H32B2O12/c1-9(2)27-17(23)13-14(18(24)28-10(3)4)32-21(31-13)22-33-15(19(25)29-11(5)6)16(34-22)20(26)30-12(7)8/h9-16H,1-8H3/t13-,14+,15-,16+. The molecule has 14 heteroatoms. The molecule has 0 saturated carbocycles. The summed E-state index contributed by atoms with van der Waals surface area (Å²) in [5, 5.41) is 0. The lowest BCUT2D eigenvalue weighted by Crippen LogP contribution is -2.41. The highest BCUT2D eigenvalue weighted by molar-refractivity contribution is 7.11. The zero-order valence-electron chi connectivity index (χ0n) is 20.7. The quantitative estimate of drug-likeness (QED) is 0.253. The first-order valence-electron chi connectivity index (χ1n) is 11.2. The largest absolute Gasteiger partial charge is 0.489 e. The summed E-state index contributed by atoms with van der Waals surface area (Å²) in [4.78, 5) is 50.2. The second kappa shape index (κ2) is 12.0. The van der Waals surface area contributed by atoms with E-state index in [2.05, 4.69) is 0 Å².